The van der Waals surface area contributed by atoms with Gasteiger partial charge in [0.1, 0.15) is 5.75 Å². The van der Waals surface area contributed by atoms with Crippen molar-refractivity contribution in [1.29, 1.82) is 0 Å². The molecule has 1 fully saturated rings. The highest BCUT2D eigenvalue weighted by atomic mass is 16.5. The summed E-state index contributed by atoms with van der Waals surface area (Å²) < 4.78 is 11.3. The van der Waals surface area contributed by atoms with Gasteiger partial charge in [0.05, 0.1) is 17.4 Å². The molecule has 2 aromatic carbocycles. The van der Waals surface area contributed by atoms with Crippen molar-refractivity contribution in [2.24, 2.45) is 0 Å². The average Bonchev–Trinajstić information content (AvgIpc) is 3.26. The molecule has 2 atom stereocenters. The normalized spacial score (nSPS) is 17.1. The fraction of sp³-hybridized carbons (Fsp3) is 0.440. The maximum atomic E-state index is 12.7. The van der Waals surface area contributed by atoms with Crippen molar-refractivity contribution in [3.8, 4) is 5.75 Å². The Hall–Kier alpha value is -2.86. The van der Waals surface area contributed by atoms with Gasteiger partial charge in [0.25, 0.3) is 11.8 Å². The van der Waals surface area contributed by atoms with Crippen LogP contribution < -0.4 is 15.4 Å². The third kappa shape index (κ3) is 6.31. The Bertz CT molecular complexity index is 896. The van der Waals surface area contributed by atoms with Crippen molar-refractivity contribution in [3.05, 3.63) is 59.7 Å². The number of hydrogen-bond donors (Lipinski definition) is 2. The molecule has 3 rings (SSSR count). The Labute approximate surface area is 184 Å². The van der Waals surface area contributed by atoms with E-state index in [1.807, 2.05) is 24.3 Å². The minimum atomic E-state index is -0.719. The minimum Gasteiger partial charge on any atom is -0.481 e. The third-order valence-corrected chi connectivity index (χ3v) is 5.35. The molecule has 1 aliphatic heterocycles. The number of para-hydroxylation sites is 1. The first-order chi connectivity index (χ1) is 14.7. The molecule has 0 radical (unpaired) electrons. The lowest BCUT2D eigenvalue weighted by atomic mass is 9.87. The van der Waals surface area contributed by atoms with E-state index in [1.165, 1.54) is 5.56 Å². The lowest BCUT2D eigenvalue weighted by Gasteiger charge is -2.20. The molecule has 2 N–H and O–H groups in total. The molecule has 31 heavy (non-hydrogen) atoms. The Morgan fingerprint density at radius 1 is 1.13 bits per heavy atom. The predicted molar refractivity (Wildman–Crippen MR) is 122 cm³/mol. The van der Waals surface area contributed by atoms with E-state index in [2.05, 4.69) is 31.4 Å². The topological polar surface area (TPSA) is 76.7 Å². The number of ether oxygens (including phenoxy) is 2. The SMILES string of the molecule is CC(Oc1ccc(C(C)(C)C)cc1)C(=O)Nc1ccccc1C(=O)NCC1CCCO1. The lowest BCUT2D eigenvalue weighted by molar-refractivity contribution is -0.122. The van der Waals surface area contributed by atoms with Crippen LogP contribution in [0, 0.1) is 0 Å². The van der Waals surface area contributed by atoms with Crippen molar-refractivity contribution < 1.29 is 19.1 Å². The molecule has 1 heterocycles. The van der Waals surface area contributed by atoms with Crippen LogP contribution in [-0.2, 0) is 14.9 Å². The summed E-state index contributed by atoms with van der Waals surface area (Å²) in [5.74, 6) is 0.0651. The van der Waals surface area contributed by atoms with Crippen molar-refractivity contribution in [2.75, 3.05) is 18.5 Å². The van der Waals surface area contributed by atoms with Crippen LogP contribution in [0.2, 0.25) is 0 Å². The van der Waals surface area contributed by atoms with E-state index in [9.17, 15) is 9.59 Å². The highest BCUT2D eigenvalue weighted by molar-refractivity contribution is 6.04. The second kappa shape index (κ2) is 9.96. The standard InChI is InChI=1S/C25H32N2O4/c1-17(31-19-13-11-18(12-14-19)25(2,3)4)23(28)27-22-10-6-5-9-21(22)24(29)26-16-20-8-7-15-30-20/h5-6,9-14,17,20H,7-8,15-16H2,1-4H3,(H,26,29)(H,27,28). The summed E-state index contributed by atoms with van der Waals surface area (Å²) in [6.45, 7) is 9.33. The Morgan fingerprint density at radius 3 is 2.48 bits per heavy atom. The fourth-order valence-corrected chi connectivity index (χ4v) is 3.42. The zero-order chi connectivity index (χ0) is 22.4. The minimum absolute atomic E-state index is 0.0513. The monoisotopic (exact) mass is 424 g/mol. The van der Waals surface area contributed by atoms with Crippen LogP contribution in [0.1, 0.15) is 56.5 Å². The highest BCUT2D eigenvalue weighted by Gasteiger charge is 2.21. The van der Waals surface area contributed by atoms with Gasteiger partial charge in [-0.25, -0.2) is 0 Å². The fourth-order valence-electron chi connectivity index (χ4n) is 3.42. The number of carbonyl (C=O) groups is 2. The Morgan fingerprint density at radius 2 is 1.84 bits per heavy atom. The van der Waals surface area contributed by atoms with E-state index in [1.54, 1.807) is 31.2 Å². The quantitative estimate of drug-likeness (QED) is 0.695. The average molecular weight is 425 g/mol. The number of rotatable bonds is 7. The summed E-state index contributed by atoms with van der Waals surface area (Å²) in [6.07, 6.45) is 1.31. The molecule has 1 aliphatic rings. The molecule has 0 bridgehead atoms. The van der Waals surface area contributed by atoms with Crippen molar-refractivity contribution in [2.45, 2.75) is 58.2 Å². The molecule has 0 spiro atoms. The molecule has 0 saturated carbocycles. The maximum Gasteiger partial charge on any atom is 0.265 e. The van der Waals surface area contributed by atoms with Crippen LogP contribution >= 0.6 is 0 Å². The van der Waals surface area contributed by atoms with E-state index in [4.69, 9.17) is 9.47 Å². The van der Waals surface area contributed by atoms with Gasteiger partial charge in [-0.1, -0.05) is 45.0 Å². The van der Waals surface area contributed by atoms with Gasteiger partial charge < -0.3 is 20.1 Å². The zero-order valence-corrected chi connectivity index (χ0v) is 18.7. The van der Waals surface area contributed by atoms with E-state index in [-0.39, 0.29) is 23.3 Å². The van der Waals surface area contributed by atoms with Crippen LogP contribution in [0.4, 0.5) is 5.69 Å². The number of carbonyl (C=O) groups excluding carboxylic acids is 2. The Kier molecular flexibility index (Phi) is 7.33. The number of hydrogen-bond acceptors (Lipinski definition) is 4. The molecule has 6 heteroatoms. The van der Waals surface area contributed by atoms with E-state index >= 15 is 0 Å². The molecule has 166 valence electrons. The molecule has 0 aromatic heterocycles. The molecule has 1 saturated heterocycles. The maximum absolute atomic E-state index is 12.7. The second-order valence-electron chi connectivity index (χ2n) is 8.91. The molecular weight excluding hydrogens is 392 g/mol. The van der Waals surface area contributed by atoms with Gasteiger partial charge in [-0.2, -0.15) is 0 Å². The largest absolute Gasteiger partial charge is 0.481 e. The van der Waals surface area contributed by atoms with E-state index < -0.39 is 6.10 Å². The van der Waals surface area contributed by atoms with Gasteiger partial charge in [-0.05, 0) is 55.0 Å². The third-order valence-electron chi connectivity index (χ3n) is 5.35. The zero-order valence-electron chi connectivity index (χ0n) is 18.7. The first-order valence-corrected chi connectivity index (χ1v) is 10.8. The summed E-state index contributed by atoms with van der Waals surface area (Å²) in [5.41, 5.74) is 2.11. The molecule has 0 aliphatic carbocycles. The van der Waals surface area contributed by atoms with Crippen LogP contribution in [-0.4, -0.2) is 37.2 Å². The van der Waals surface area contributed by atoms with Crippen LogP contribution in [0.25, 0.3) is 0 Å². The summed E-state index contributed by atoms with van der Waals surface area (Å²) in [7, 11) is 0. The summed E-state index contributed by atoms with van der Waals surface area (Å²) in [4.78, 5) is 25.3. The van der Waals surface area contributed by atoms with Gasteiger partial charge in [-0.3, -0.25) is 9.59 Å². The molecule has 2 unspecified atom stereocenters. The second-order valence-corrected chi connectivity index (χ2v) is 8.91. The predicted octanol–water partition coefficient (Wildman–Crippen LogP) is 4.30. The van der Waals surface area contributed by atoms with Crippen LogP contribution in [0.15, 0.2) is 48.5 Å². The van der Waals surface area contributed by atoms with Gasteiger partial charge >= 0.3 is 0 Å². The van der Waals surface area contributed by atoms with Gasteiger partial charge in [0, 0.05) is 13.2 Å². The van der Waals surface area contributed by atoms with Gasteiger partial charge in [-0.15, -0.1) is 0 Å². The van der Waals surface area contributed by atoms with E-state index in [0.29, 0.717) is 23.5 Å². The van der Waals surface area contributed by atoms with Crippen molar-refractivity contribution in [1.82, 2.24) is 5.32 Å². The highest BCUT2D eigenvalue weighted by Crippen LogP contribution is 2.25. The smallest absolute Gasteiger partial charge is 0.265 e. The van der Waals surface area contributed by atoms with Crippen molar-refractivity contribution in [3.63, 3.8) is 0 Å². The number of nitrogens with one attached hydrogen (secondary N) is 2. The molecule has 6 nitrogen and oxygen atoms in total. The Balaban J connectivity index is 1.59. The van der Waals surface area contributed by atoms with Crippen molar-refractivity contribution >= 4 is 17.5 Å². The molecular formula is C25H32N2O4. The lowest BCUT2D eigenvalue weighted by Crippen LogP contribution is -2.34. The van der Waals surface area contributed by atoms with Crippen LogP contribution in [0.5, 0.6) is 5.75 Å². The number of anilines is 1. The first-order valence-electron chi connectivity index (χ1n) is 10.8. The number of amides is 2. The van der Waals surface area contributed by atoms with E-state index in [0.717, 1.165) is 19.4 Å². The summed E-state index contributed by atoms with van der Waals surface area (Å²) in [6, 6.07) is 14.7. The summed E-state index contributed by atoms with van der Waals surface area (Å²) >= 11 is 0. The van der Waals surface area contributed by atoms with Gasteiger partial charge in [0.2, 0.25) is 0 Å². The van der Waals surface area contributed by atoms with Crippen LogP contribution in [0.3, 0.4) is 0 Å². The molecule has 2 amide bonds. The van der Waals surface area contributed by atoms with Gasteiger partial charge in [0.15, 0.2) is 6.10 Å². The molecule has 2 aromatic rings. The summed E-state index contributed by atoms with van der Waals surface area (Å²) in [5, 5.41) is 5.71. The number of benzene rings is 2. The first kappa shape index (κ1) is 22.8.